The fourth-order valence-corrected chi connectivity index (χ4v) is 1.72. The molecule has 0 spiro atoms. The van der Waals surface area contributed by atoms with Crippen LogP contribution in [-0.4, -0.2) is 29.6 Å². The standard InChI is InChI=1S/C8H18N2/c1-6(2)10-5-4-8(9)7(10)3/h6-8H,4-5,9H2,1-3H3/t7-,8+/m1/s1. The van der Waals surface area contributed by atoms with Crippen LogP contribution in [0.3, 0.4) is 0 Å². The van der Waals surface area contributed by atoms with Crippen molar-refractivity contribution in [2.24, 2.45) is 5.73 Å². The highest BCUT2D eigenvalue weighted by Gasteiger charge is 2.28. The van der Waals surface area contributed by atoms with E-state index in [2.05, 4.69) is 25.7 Å². The number of hydrogen-bond acceptors (Lipinski definition) is 2. The molecule has 1 aliphatic rings. The topological polar surface area (TPSA) is 29.3 Å². The summed E-state index contributed by atoms with van der Waals surface area (Å²) in [6.07, 6.45) is 1.17. The minimum atomic E-state index is 0.405. The van der Waals surface area contributed by atoms with E-state index in [0.29, 0.717) is 18.1 Å². The fraction of sp³-hybridized carbons (Fsp3) is 1.00. The molecule has 0 aromatic rings. The van der Waals surface area contributed by atoms with E-state index in [1.54, 1.807) is 0 Å². The van der Waals surface area contributed by atoms with Crippen molar-refractivity contribution in [2.45, 2.75) is 45.3 Å². The van der Waals surface area contributed by atoms with Gasteiger partial charge in [0.25, 0.3) is 0 Å². The predicted octanol–water partition coefficient (Wildman–Crippen LogP) is 0.816. The Morgan fingerprint density at radius 3 is 2.30 bits per heavy atom. The Kier molecular flexibility index (Phi) is 2.32. The molecule has 1 rings (SSSR count). The lowest BCUT2D eigenvalue weighted by molar-refractivity contribution is 0.209. The molecule has 60 valence electrons. The summed E-state index contributed by atoms with van der Waals surface area (Å²) in [6.45, 7) is 7.86. The molecular weight excluding hydrogens is 124 g/mol. The monoisotopic (exact) mass is 142 g/mol. The lowest BCUT2D eigenvalue weighted by Gasteiger charge is -2.26. The van der Waals surface area contributed by atoms with Crippen LogP contribution >= 0.6 is 0 Å². The van der Waals surface area contributed by atoms with Gasteiger partial charge in [-0.3, -0.25) is 4.90 Å². The van der Waals surface area contributed by atoms with E-state index < -0.39 is 0 Å². The van der Waals surface area contributed by atoms with E-state index in [0.717, 1.165) is 0 Å². The molecule has 0 unspecified atom stereocenters. The average molecular weight is 142 g/mol. The number of likely N-dealkylation sites (tertiary alicyclic amines) is 1. The minimum Gasteiger partial charge on any atom is -0.326 e. The highest BCUT2D eigenvalue weighted by molar-refractivity contribution is 4.87. The molecular formula is C8H18N2. The second-order valence-electron chi connectivity index (χ2n) is 3.52. The molecule has 0 aromatic carbocycles. The van der Waals surface area contributed by atoms with Crippen LogP contribution in [0, 0.1) is 0 Å². The molecule has 0 saturated carbocycles. The van der Waals surface area contributed by atoms with Crippen molar-refractivity contribution >= 4 is 0 Å². The normalized spacial score (nSPS) is 35.7. The third-order valence-electron chi connectivity index (χ3n) is 2.53. The highest BCUT2D eigenvalue weighted by Crippen LogP contribution is 2.17. The first-order chi connectivity index (χ1) is 4.63. The Morgan fingerprint density at radius 2 is 2.10 bits per heavy atom. The molecule has 2 nitrogen and oxygen atoms in total. The smallest absolute Gasteiger partial charge is 0.0222 e. The predicted molar refractivity (Wildman–Crippen MR) is 43.9 cm³/mol. The van der Waals surface area contributed by atoms with Gasteiger partial charge in [0.15, 0.2) is 0 Å². The molecule has 0 bridgehead atoms. The quantitative estimate of drug-likeness (QED) is 0.587. The molecule has 1 heterocycles. The summed E-state index contributed by atoms with van der Waals surface area (Å²) in [6, 6.07) is 1.64. The van der Waals surface area contributed by atoms with Crippen molar-refractivity contribution in [3.63, 3.8) is 0 Å². The fourth-order valence-electron chi connectivity index (χ4n) is 1.72. The first kappa shape index (κ1) is 8.02. The highest BCUT2D eigenvalue weighted by atomic mass is 15.2. The van der Waals surface area contributed by atoms with Gasteiger partial charge in [-0.2, -0.15) is 0 Å². The number of rotatable bonds is 1. The number of nitrogens with zero attached hydrogens (tertiary/aromatic N) is 1. The van der Waals surface area contributed by atoms with Crippen molar-refractivity contribution in [3.05, 3.63) is 0 Å². The molecule has 2 heteroatoms. The Hall–Kier alpha value is -0.0800. The van der Waals surface area contributed by atoms with Gasteiger partial charge in [0, 0.05) is 24.7 Å². The zero-order valence-corrected chi connectivity index (χ0v) is 7.17. The van der Waals surface area contributed by atoms with E-state index in [1.807, 2.05) is 0 Å². The van der Waals surface area contributed by atoms with Crippen molar-refractivity contribution in [2.75, 3.05) is 6.54 Å². The van der Waals surface area contributed by atoms with E-state index in [4.69, 9.17) is 5.73 Å². The van der Waals surface area contributed by atoms with Gasteiger partial charge in [-0.05, 0) is 27.2 Å². The van der Waals surface area contributed by atoms with Crippen molar-refractivity contribution in [1.82, 2.24) is 4.90 Å². The maximum Gasteiger partial charge on any atom is 0.0222 e. The maximum absolute atomic E-state index is 5.86. The lowest BCUT2D eigenvalue weighted by atomic mass is 10.1. The van der Waals surface area contributed by atoms with Gasteiger partial charge >= 0.3 is 0 Å². The molecule has 1 saturated heterocycles. The van der Waals surface area contributed by atoms with Crippen LogP contribution in [0.2, 0.25) is 0 Å². The summed E-state index contributed by atoms with van der Waals surface area (Å²) in [5.41, 5.74) is 5.86. The summed E-state index contributed by atoms with van der Waals surface area (Å²) in [5, 5.41) is 0. The third-order valence-corrected chi connectivity index (χ3v) is 2.53. The SMILES string of the molecule is CC(C)N1CC[C@H](N)[C@H]1C. The number of nitrogens with two attached hydrogens (primary N) is 1. The van der Waals surface area contributed by atoms with Crippen molar-refractivity contribution in [3.8, 4) is 0 Å². The van der Waals surface area contributed by atoms with Crippen LogP contribution < -0.4 is 5.73 Å². The van der Waals surface area contributed by atoms with Gasteiger partial charge in [0.05, 0.1) is 0 Å². The van der Waals surface area contributed by atoms with Crippen LogP contribution in [0.5, 0.6) is 0 Å². The molecule has 0 aliphatic carbocycles. The molecule has 0 amide bonds. The molecule has 2 atom stereocenters. The molecule has 1 fully saturated rings. The second-order valence-corrected chi connectivity index (χ2v) is 3.52. The molecule has 2 N–H and O–H groups in total. The average Bonchev–Trinajstić information content (AvgIpc) is 2.14. The molecule has 10 heavy (non-hydrogen) atoms. The summed E-state index contributed by atoms with van der Waals surface area (Å²) in [5.74, 6) is 0. The van der Waals surface area contributed by atoms with Crippen LogP contribution in [0.15, 0.2) is 0 Å². The Labute approximate surface area is 63.4 Å². The van der Waals surface area contributed by atoms with Gasteiger partial charge in [0.2, 0.25) is 0 Å². The molecule has 0 radical (unpaired) electrons. The lowest BCUT2D eigenvalue weighted by Crippen LogP contribution is -2.40. The zero-order chi connectivity index (χ0) is 7.72. The number of hydrogen-bond donors (Lipinski definition) is 1. The van der Waals surface area contributed by atoms with Gasteiger partial charge in [0.1, 0.15) is 0 Å². The maximum atomic E-state index is 5.86. The van der Waals surface area contributed by atoms with E-state index in [-0.39, 0.29) is 0 Å². The van der Waals surface area contributed by atoms with Gasteiger partial charge < -0.3 is 5.73 Å². The largest absolute Gasteiger partial charge is 0.326 e. The van der Waals surface area contributed by atoms with E-state index in [1.165, 1.54) is 13.0 Å². The Balaban J connectivity index is 2.49. The van der Waals surface area contributed by atoms with Crippen molar-refractivity contribution in [1.29, 1.82) is 0 Å². The Morgan fingerprint density at radius 1 is 1.50 bits per heavy atom. The van der Waals surface area contributed by atoms with Crippen LogP contribution in [0.4, 0.5) is 0 Å². The van der Waals surface area contributed by atoms with Crippen LogP contribution in [-0.2, 0) is 0 Å². The van der Waals surface area contributed by atoms with Crippen LogP contribution in [0.25, 0.3) is 0 Å². The Bertz CT molecular complexity index is 112. The van der Waals surface area contributed by atoms with E-state index in [9.17, 15) is 0 Å². The molecule has 1 aliphatic heterocycles. The first-order valence-corrected chi connectivity index (χ1v) is 4.14. The second kappa shape index (κ2) is 2.89. The molecule has 0 aromatic heterocycles. The first-order valence-electron chi connectivity index (χ1n) is 4.14. The zero-order valence-electron chi connectivity index (χ0n) is 7.17. The van der Waals surface area contributed by atoms with Gasteiger partial charge in [-0.25, -0.2) is 0 Å². The van der Waals surface area contributed by atoms with E-state index >= 15 is 0 Å². The summed E-state index contributed by atoms with van der Waals surface area (Å²) in [7, 11) is 0. The van der Waals surface area contributed by atoms with Gasteiger partial charge in [-0.1, -0.05) is 0 Å². The minimum absolute atomic E-state index is 0.405. The summed E-state index contributed by atoms with van der Waals surface area (Å²) in [4.78, 5) is 2.46. The third kappa shape index (κ3) is 1.32. The summed E-state index contributed by atoms with van der Waals surface area (Å²) >= 11 is 0. The van der Waals surface area contributed by atoms with Crippen LogP contribution in [0.1, 0.15) is 27.2 Å². The summed E-state index contributed by atoms with van der Waals surface area (Å²) < 4.78 is 0. The van der Waals surface area contributed by atoms with Gasteiger partial charge in [-0.15, -0.1) is 0 Å². The van der Waals surface area contributed by atoms with Crippen molar-refractivity contribution < 1.29 is 0 Å².